The van der Waals surface area contributed by atoms with Crippen LogP contribution in [0, 0.1) is 5.92 Å². The summed E-state index contributed by atoms with van der Waals surface area (Å²) in [7, 11) is 15.2. The monoisotopic (exact) mass is 644 g/mol. The molecule has 0 amide bonds. The van der Waals surface area contributed by atoms with E-state index in [0.29, 0.717) is 5.92 Å². The van der Waals surface area contributed by atoms with E-state index in [9.17, 15) is 0 Å². The van der Waals surface area contributed by atoms with Crippen molar-refractivity contribution in [3.63, 3.8) is 0 Å². The Balaban J connectivity index is 1.57. The number of hydrogen-bond acceptors (Lipinski definition) is 0. The molecule has 0 saturated heterocycles. The minimum atomic E-state index is -3.99. The summed E-state index contributed by atoms with van der Waals surface area (Å²) in [5.74, 6) is 0.432. The van der Waals surface area contributed by atoms with Crippen LogP contribution >= 0.6 is 17.0 Å². The van der Waals surface area contributed by atoms with Crippen LogP contribution in [0.15, 0.2) is 84.4 Å². The zero-order valence-corrected chi connectivity index (χ0v) is 28.7. The van der Waals surface area contributed by atoms with Crippen molar-refractivity contribution < 1.29 is 17.9 Å². The van der Waals surface area contributed by atoms with Crippen molar-refractivity contribution in [3.8, 4) is 22.3 Å². The van der Waals surface area contributed by atoms with Crippen LogP contribution in [0.3, 0.4) is 0 Å². The van der Waals surface area contributed by atoms with Crippen LogP contribution in [0.1, 0.15) is 60.0 Å². The third-order valence-electron chi connectivity index (χ3n) is 9.12. The summed E-state index contributed by atoms with van der Waals surface area (Å²) in [5.41, 5.74) is 12.5. The van der Waals surface area contributed by atoms with Crippen LogP contribution in [0.5, 0.6) is 0 Å². The number of fused-ring (bicyclic) bond motifs is 4. The minimum absolute atomic E-state index is 0.121. The Morgan fingerprint density at radius 1 is 0.769 bits per heavy atom. The fourth-order valence-electron chi connectivity index (χ4n) is 6.89. The van der Waals surface area contributed by atoms with Crippen LogP contribution in [-0.2, 0) is 30.7 Å². The zero-order chi connectivity index (χ0) is 27.3. The molecule has 4 heteroatoms. The Hall–Kier alpha value is -1.70. The van der Waals surface area contributed by atoms with Gasteiger partial charge in [0.25, 0.3) is 0 Å². The predicted octanol–water partition coefficient (Wildman–Crippen LogP) is 7.85. The average molecular weight is 647 g/mol. The Morgan fingerprint density at radius 3 is 2.21 bits per heavy atom. The molecule has 198 valence electrons. The molecule has 6 rings (SSSR count). The van der Waals surface area contributed by atoms with Crippen molar-refractivity contribution in [1.29, 1.82) is 0 Å². The van der Waals surface area contributed by atoms with Crippen molar-refractivity contribution in [2.45, 2.75) is 50.6 Å². The van der Waals surface area contributed by atoms with Gasteiger partial charge in [-0.3, -0.25) is 0 Å². The first-order valence-electron chi connectivity index (χ1n) is 14.4. The first-order chi connectivity index (χ1) is 18.9. The molecule has 2 aliphatic rings. The second-order valence-electron chi connectivity index (χ2n) is 11.1. The molecule has 0 nitrogen and oxygen atoms in total. The van der Waals surface area contributed by atoms with Crippen molar-refractivity contribution >= 4 is 46.3 Å². The van der Waals surface area contributed by atoms with Gasteiger partial charge in [0, 0.05) is 0 Å². The van der Waals surface area contributed by atoms with E-state index in [4.69, 9.17) is 17.0 Å². The standard InChI is InChI=1S/C23H27.C12H9Si.2ClH.Zr/c1-5-16(4)20-14-19-13-12-18(7-3)23(22(19)15-20)21-11-9-8-10-17(21)6-2;1-3-7-11-9(5-1)10-6-2-4-8-12(10)13-11;;;/h8-16H,5-7H2,1-4H3;1-7H,13H2;2*1H;/q;;;;+2/p-2. The van der Waals surface area contributed by atoms with E-state index < -0.39 is 27.4 Å². The molecule has 2 unspecified atom stereocenters. The van der Waals surface area contributed by atoms with Crippen molar-refractivity contribution in [3.05, 3.63) is 107 Å². The molecule has 0 N–H and O–H groups in total. The molecule has 39 heavy (non-hydrogen) atoms. The summed E-state index contributed by atoms with van der Waals surface area (Å²) < 4.78 is 1.44. The zero-order valence-electron chi connectivity index (χ0n) is 23.3. The Labute approximate surface area is 247 Å². The molecule has 1 heterocycles. The van der Waals surface area contributed by atoms with E-state index in [1.165, 1.54) is 63.7 Å². The second-order valence-corrected chi connectivity index (χ2v) is 27.0. The number of halogens is 2. The van der Waals surface area contributed by atoms with Crippen molar-refractivity contribution in [2.75, 3.05) is 0 Å². The number of aryl methyl sites for hydroxylation is 2. The summed E-state index contributed by atoms with van der Waals surface area (Å²) in [6.45, 7) is 9.18. The molecule has 4 aromatic carbocycles. The second kappa shape index (κ2) is 10.9. The quantitative estimate of drug-likeness (QED) is 0.158. The summed E-state index contributed by atoms with van der Waals surface area (Å²) >= 11 is -3.99. The SMILES string of the molecule is CCc1ccccc1-c1c(CC)ccc2c1C=C(C(C)CC)[CH]2[Zr]([Cl])([Cl])[c]1cccc2c1[SiH2]c1ccccc1-2. The normalized spacial score (nSPS) is 17.1. The van der Waals surface area contributed by atoms with Crippen molar-refractivity contribution in [2.24, 2.45) is 5.92 Å². The third-order valence-corrected chi connectivity index (χ3v) is 23.4. The van der Waals surface area contributed by atoms with Gasteiger partial charge in [0.1, 0.15) is 0 Å². The number of benzene rings is 4. The molecule has 1 aliphatic heterocycles. The molecule has 2 atom stereocenters. The fraction of sp³-hybridized carbons (Fsp3) is 0.257. The van der Waals surface area contributed by atoms with Crippen LogP contribution in [0.4, 0.5) is 0 Å². The molecule has 0 radical (unpaired) electrons. The molecule has 0 spiro atoms. The van der Waals surface area contributed by atoms with Gasteiger partial charge >= 0.3 is 250 Å². The summed E-state index contributed by atoms with van der Waals surface area (Å²) in [6, 6.07) is 29.3. The van der Waals surface area contributed by atoms with E-state index in [1.807, 2.05) is 0 Å². The van der Waals surface area contributed by atoms with Gasteiger partial charge in [0.05, 0.1) is 0 Å². The van der Waals surface area contributed by atoms with E-state index in [2.05, 4.69) is 113 Å². The van der Waals surface area contributed by atoms with Gasteiger partial charge in [-0.15, -0.1) is 0 Å². The van der Waals surface area contributed by atoms with E-state index in [-0.39, 0.29) is 3.63 Å². The molecule has 0 fully saturated rings. The average Bonchev–Trinajstić information content (AvgIpc) is 3.55. The molecule has 0 aromatic heterocycles. The van der Waals surface area contributed by atoms with Gasteiger partial charge in [-0.1, -0.05) is 0 Å². The van der Waals surface area contributed by atoms with Crippen LogP contribution in [-0.4, -0.2) is 9.52 Å². The van der Waals surface area contributed by atoms with Crippen molar-refractivity contribution in [1.82, 2.24) is 0 Å². The summed E-state index contributed by atoms with van der Waals surface area (Å²) in [6.07, 6.45) is 5.61. The molecule has 0 saturated carbocycles. The molecule has 1 aliphatic carbocycles. The summed E-state index contributed by atoms with van der Waals surface area (Å²) in [5, 5.41) is 3.02. The Morgan fingerprint density at radius 2 is 1.46 bits per heavy atom. The van der Waals surface area contributed by atoms with E-state index >= 15 is 0 Å². The topological polar surface area (TPSA) is 0 Å². The molecule has 4 aromatic rings. The Kier molecular flexibility index (Phi) is 7.71. The van der Waals surface area contributed by atoms with E-state index in [0.717, 1.165) is 19.3 Å². The van der Waals surface area contributed by atoms with Crippen LogP contribution < -0.4 is 13.6 Å². The fourth-order valence-corrected chi connectivity index (χ4v) is 23.8. The van der Waals surface area contributed by atoms with Gasteiger partial charge < -0.3 is 0 Å². The maximum absolute atomic E-state index is 7.91. The van der Waals surface area contributed by atoms with Gasteiger partial charge in [0.15, 0.2) is 0 Å². The van der Waals surface area contributed by atoms with Crippen LogP contribution in [0.25, 0.3) is 28.3 Å². The van der Waals surface area contributed by atoms with E-state index in [1.54, 1.807) is 0 Å². The van der Waals surface area contributed by atoms with Gasteiger partial charge in [0.2, 0.25) is 0 Å². The predicted molar refractivity (Wildman–Crippen MR) is 172 cm³/mol. The van der Waals surface area contributed by atoms with Gasteiger partial charge in [-0.2, -0.15) is 0 Å². The third kappa shape index (κ3) is 4.51. The molecule has 0 bridgehead atoms. The summed E-state index contributed by atoms with van der Waals surface area (Å²) in [4.78, 5) is 0. The molecular weight excluding hydrogens is 611 g/mol. The van der Waals surface area contributed by atoms with Gasteiger partial charge in [-0.25, -0.2) is 0 Å². The Bertz CT molecular complexity index is 1600. The first-order valence-corrected chi connectivity index (χ1v) is 24.8. The molecular formula is C35H36Cl2SiZr. The van der Waals surface area contributed by atoms with Gasteiger partial charge in [-0.05, 0) is 0 Å². The number of rotatable bonds is 7. The number of allylic oxidation sites excluding steroid dienone is 1. The number of hydrogen-bond donors (Lipinski definition) is 0. The first kappa shape index (κ1) is 27.5. The maximum atomic E-state index is 7.91. The van der Waals surface area contributed by atoms with Crippen LogP contribution in [0.2, 0.25) is 0 Å².